The quantitative estimate of drug-likeness (QED) is 0.387. The largest absolute Gasteiger partial charge is 0.493 e. The summed E-state index contributed by atoms with van der Waals surface area (Å²) in [6, 6.07) is 4.60. The number of benzene rings is 1. The molecule has 0 aliphatic heterocycles. The monoisotopic (exact) mass is 324 g/mol. The van der Waals surface area contributed by atoms with E-state index in [0.717, 1.165) is 19.5 Å². The summed E-state index contributed by atoms with van der Waals surface area (Å²) in [5.74, 6) is 0.468. The molecule has 0 aliphatic carbocycles. The molecule has 4 N–H and O–H groups in total. The fourth-order valence-corrected chi connectivity index (χ4v) is 1.92. The summed E-state index contributed by atoms with van der Waals surface area (Å²) in [5, 5.41) is 23.0. The number of carbonyl (C=O) groups is 2. The Hall–Kier alpha value is -2.12. The standard InChI is InChI=1S/C16H24N2O5/c1-11(10-19)9-17-6-3-7-23-15-5-4-13(18-16(21)22)8-14(15)12(2)20/h4-5,8,11,17-19H,3,6-7,9-10H2,1-2H3,(H,21,22). The summed E-state index contributed by atoms with van der Waals surface area (Å²) in [7, 11) is 0. The predicted octanol–water partition coefficient (Wildman–Crippen LogP) is 1.97. The highest BCUT2D eigenvalue weighted by atomic mass is 16.5. The molecule has 0 saturated carbocycles. The summed E-state index contributed by atoms with van der Waals surface area (Å²) >= 11 is 0. The van der Waals surface area contributed by atoms with Gasteiger partial charge >= 0.3 is 6.09 Å². The molecule has 1 aromatic rings. The first-order valence-electron chi connectivity index (χ1n) is 7.53. The van der Waals surface area contributed by atoms with Crippen LogP contribution in [0.1, 0.15) is 30.6 Å². The summed E-state index contributed by atoms with van der Waals surface area (Å²) in [6.07, 6.45) is -0.429. The molecule has 1 atom stereocenters. The number of nitrogens with one attached hydrogen (secondary N) is 2. The number of anilines is 1. The van der Waals surface area contributed by atoms with Crippen LogP contribution >= 0.6 is 0 Å². The maximum atomic E-state index is 11.7. The number of rotatable bonds is 10. The van der Waals surface area contributed by atoms with Gasteiger partial charge < -0.3 is 20.3 Å². The van der Waals surface area contributed by atoms with Crippen LogP contribution < -0.4 is 15.4 Å². The molecule has 0 bridgehead atoms. The van der Waals surface area contributed by atoms with Crippen molar-refractivity contribution in [3.8, 4) is 5.75 Å². The fraction of sp³-hybridized carbons (Fsp3) is 0.500. The van der Waals surface area contributed by atoms with Crippen molar-refractivity contribution in [1.82, 2.24) is 5.32 Å². The van der Waals surface area contributed by atoms with Crippen LogP contribution in [0, 0.1) is 5.92 Å². The van der Waals surface area contributed by atoms with Crippen molar-refractivity contribution in [3.63, 3.8) is 0 Å². The van der Waals surface area contributed by atoms with Crippen LogP contribution in [-0.2, 0) is 0 Å². The molecule has 0 aliphatic rings. The van der Waals surface area contributed by atoms with Crippen molar-refractivity contribution in [3.05, 3.63) is 23.8 Å². The average molecular weight is 324 g/mol. The average Bonchev–Trinajstić information content (AvgIpc) is 2.50. The van der Waals surface area contributed by atoms with Gasteiger partial charge in [0.1, 0.15) is 5.75 Å². The van der Waals surface area contributed by atoms with Crippen LogP contribution in [0.2, 0.25) is 0 Å². The van der Waals surface area contributed by atoms with Crippen molar-refractivity contribution in [2.24, 2.45) is 5.92 Å². The lowest BCUT2D eigenvalue weighted by Crippen LogP contribution is -2.25. The minimum absolute atomic E-state index is 0.155. The van der Waals surface area contributed by atoms with Gasteiger partial charge in [-0.3, -0.25) is 10.1 Å². The SMILES string of the molecule is CC(=O)c1cc(NC(=O)O)ccc1OCCCNCC(C)CO. The summed E-state index contributed by atoms with van der Waals surface area (Å²) in [5.41, 5.74) is 0.674. The second-order valence-corrected chi connectivity index (χ2v) is 5.39. The second kappa shape index (κ2) is 9.81. The minimum Gasteiger partial charge on any atom is -0.493 e. The number of hydrogen-bond acceptors (Lipinski definition) is 5. The Balaban J connectivity index is 2.49. The molecule has 1 aromatic carbocycles. The Morgan fingerprint density at radius 1 is 1.35 bits per heavy atom. The van der Waals surface area contributed by atoms with E-state index in [4.69, 9.17) is 14.9 Å². The van der Waals surface area contributed by atoms with Crippen molar-refractivity contribution in [2.75, 3.05) is 31.6 Å². The number of ketones is 1. The van der Waals surface area contributed by atoms with E-state index in [-0.39, 0.29) is 18.3 Å². The number of carboxylic acid groups (broad SMARTS) is 1. The zero-order valence-electron chi connectivity index (χ0n) is 13.5. The van der Waals surface area contributed by atoms with Gasteiger partial charge in [0.2, 0.25) is 0 Å². The number of hydrogen-bond donors (Lipinski definition) is 4. The van der Waals surface area contributed by atoms with Crippen molar-refractivity contribution in [1.29, 1.82) is 0 Å². The highest BCUT2D eigenvalue weighted by molar-refractivity contribution is 5.98. The Morgan fingerprint density at radius 3 is 2.70 bits per heavy atom. The van der Waals surface area contributed by atoms with E-state index in [9.17, 15) is 9.59 Å². The normalized spacial score (nSPS) is 11.8. The van der Waals surface area contributed by atoms with E-state index in [2.05, 4.69) is 10.6 Å². The molecule has 0 spiro atoms. The molecule has 1 rings (SSSR count). The molecule has 1 amide bonds. The van der Waals surface area contributed by atoms with Gasteiger partial charge in [-0.25, -0.2) is 4.79 Å². The van der Waals surface area contributed by atoms with Gasteiger partial charge in [0, 0.05) is 12.3 Å². The van der Waals surface area contributed by atoms with Gasteiger partial charge in [0.15, 0.2) is 5.78 Å². The fourth-order valence-electron chi connectivity index (χ4n) is 1.92. The minimum atomic E-state index is -1.18. The number of amides is 1. The number of carbonyl (C=O) groups excluding carboxylic acids is 1. The molecule has 0 radical (unpaired) electrons. The van der Waals surface area contributed by atoms with E-state index in [1.807, 2.05) is 6.92 Å². The first-order chi connectivity index (χ1) is 10.9. The van der Waals surface area contributed by atoms with Gasteiger partial charge in [-0.05, 0) is 50.6 Å². The first-order valence-corrected chi connectivity index (χ1v) is 7.53. The van der Waals surface area contributed by atoms with Crippen LogP contribution in [-0.4, -0.2) is 48.4 Å². The van der Waals surface area contributed by atoms with Crippen LogP contribution in [0.25, 0.3) is 0 Å². The number of Topliss-reactive ketones (excluding diaryl/α,β-unsaturated/α-hetero) is 1. The highest BCUT2D eigenvalue weighted by Crippen LogP contribution is 2.23. The lowest BCUT2D eigenvalue weighted by molar-refractivity contribution is 0.101. The van der Waals surface area contributed by atoms with Gasteiger partial charge in [-0.15, -0.1) is 0 Å². The van der Waals surface area contributed by atoms with Crippen LogP contribution in [0.4, 0.5) is 10.5 Å². The van der Waals surface area contributed by atoms with E-state index in [1.165, 1.54) is 13.0 Å². The van der Waals surface area contributed by atoms with Gasteiger partial charge in [-0.1, -0.05) is 6.92 Å². The summed E-state index contributed by atoms with van der Waals surface area (Å²) in [6.45, 7) is 5.44. The lowest BCUT2D eigenvalue weighted by Gasteiger charge is -2.12. The number of aliphatic hydroxyl groups is 1. The smallest absolute Gasteiger partial charge is 0.409 e. The molecule has 128 valence electrons. The Morgan fingerprint density at radius 2 is 2.09 bits per heavy atom. The zero-order valence-corrected chi connectivity index (χ0v) is 13.5. The molecule has 1 unspecified atom stereocenters. The number of ether oxygens (including phenoxy) is 1. The van der Waals surface area contributed by atoms with Gasteiger partial charge in [0.25, 0.3) is 0 Å². The first kappa shape index (κ1) is 18.9. The molecule has 0 fully saturated rings. The third-order valence-corrected chi connectivity index (χ3v) is 3.17. The molecule has 7 heteroatoms. The molecule has 7 nitrogen and oxygen atoms in total. The van der Waals surface area contributed by atoms with Gasteiger partial charge in [-0.2, -0.15) is 0 Å². The third-order valence-electron chi connectivity index (χ3n) is 3.17. The van der Waals surface area contributed by atoms with Crippen molar-refractivity contribution >= 4 is 17.6 Å². The Bertz CT molecular complexity index is 533. The van der Waals surface area contributed by atoms with E-state index < -0.39 is 6.09 Å². The third kappa shape index (κ3) is 7.12. The van der Waals surface area contributed by atoms with Gasteiger partial charge in [0.05, 0.1) is 12.2 Å². The topological polar surface area (TPSA) is 108 Å². The molecule has 0 saturated heterocycles. The number of aliphatic hydroxyl groups excluding tert-OH is 1. The van der Waals surface area contributed by atoms with E-state index in [1.54, 1.807) is 12.1 Å². The van der Waals surface area contributed by atoms with Crippen LogP contribution in [0.15, 0.2) is 18.2 Å². The molecule has 0 heterocycles. The molecule has 0 aromatic heterocycles. The van der Waals surface area contributed by atoms with Crippen LogP contribution in [0.3, 0.4) is 0 Å². The lowest BCUT2D eigenvalue weighted by atomic mass is 10.1. The maximum absolute atomic E-state index is 11.7. The Kier molecular flexibility index (Phi) is 8.07. The van der Waals surface area contributed by atoms with Crippen molar-refractivity contribution in [2.45, 2.75) is 20.3 Å². The molecule has 23 heavy (non-hydrogen) atoms. The zero-order chi connectivity index (χ0) is 17.2. The Labute approximate surface area is 135 Å². The van der Waals surface area contributed by atoms with Crippen LogP contribution in [0.5, 0.6) is 5.75 Å². The summed E-state index contributed by atoms with van der Waals surface area (Å²) in [4.78, 5) is 22.3. The predicted molar refractivity (Wildman–Crippen MR) is 87.3 cm³/mol. The summed E-state index contributed by atoms with van der Waals surface area (Å²) < 4.78 is 5.61. The van der Waals surface area contributed by atoms with E-state index >= 15 is 0 Å². The maximum Gasteiger partial charge on any atom is 0.409 e. The second-order valence-electron chi connectivity index (χ2n) is 5.39. The van der Waals surface area contributed by atoms with E-state index in [0.29, 0.717) is 23.6 Å². The van der Waals surface area contributed by atoms with Crippen molar-refractivity contribution < 1.29 is 24.5 Å². The molecular weight excluding hydrogens is 300 g/mol. The molecular formula is C16H24N2O5. The highest BCUT2D eigenvalue weighted by Gasteiger charge is 2.11.